The van der Waals surface area contributed by atoms with Crippen LogP contribution in [0.15, 0.2) is 97.3 Å². The highest BCUT2D eigenvalue weighted by Crippen LogP contribution is 2.42. The molecule has 6 aromatic rings. The average molecular weight is 1240 g/mol. The summed E-state index contributed by atoms with van der Waals surface area (Å²) >= 11 is 1.20. The van der Waals surface area contributed by atoms with Crippen molar-refractivity contribution in [2.24, 2.45) is 17.8 Å². The Balaban J connectivity index is 0.698. The maximum Gasteiger partial charge on any atom is 0.407 e. The van der Waals surface area contributed by atoms with Crippen LogP contribution >= 0.6 is 11.3 Å². The van der Waals surface area contributed by atoms with Gasteiger partial charge >= 0.3 is 24.2 Å². The normalized spacial score (nSPS) is 19.5. The van der Waals surface area contributed by atoms with E-state index in [1.807, 2.05) is 98.8 Å². The van der Waals surface area contributed by atoms with E-state index in [9.17, 15) is 38.7 Å². The number of imidazole rings is 2. The minimum atomic E-state index is -1.05. The van der Waals surface area contributed by atoms with E-state index in [1.165, 1.54) is 25.6 Å². The summed E-state index contributed by atoms with van der Waals surface area (Å²) in [7, 11) is 2.50. The number of hydrogen-bond acceptors (Lipinski definition) is 14. The minimum Gasteiger partial charge on any atom is -0.477 e. The Kier molecular flexibility index (Phi) is 20.8. The lowest BCUT2D eigenvalue weighted by molar-refractivity contribution is -0.135. The van der Waals surface area contributed by atoms with E-state index in [1.54, 1.807) is 27.1 Å². The van der Waals surface area contributed by atoms with Crippen LogP contribution in [0.4, 0.5) is 20.1 Å². The molecule has 1 saturated carbocycles. The highest BCUT2D eigenvalue weighted by Gasteiger charge is 2.40. The minimum absolute atomic E-state index is 0.00332. The molecule has 0 spiro atoms. The Bertz CT molecular complexity index is 3430. The van der Waals surface area contributed by atoms with Crippen molar-refractivity contribution >= 4 is 59.0 Å². The fourth-order valence-corrected chi connectivity index (χ4v) is 13.8. The second-order valence-electron chi connectivity index (χ2n) is 24.0. The second-order valence-corrected chi connectivity index (χ2v) is 25.1. The third-order valence-electron chi connectivity index (χ3n) is 17.9. The third-order valence-corrected chi connectivity index (χ3v) is 19.0. The summed E-state index contributed by atoms with van der Waals surface area (Å²) in [5.74, 6) is 0.0123. The molecule has 4 fully saturated rings. The molecule has 3 aromatic carbocycles. The van der Waals surface area contributed by atoms with Gasteiger partial charge in [0.1, 0.15) is 35.2 Å². The predicted molar refractivity (Wildman–Crippen MR) is 337 cm³/mol. The van der Waals surface area contributed by atoms with Crippen LogP contribution in [0.2, 0.25) is 0 Å². The largest absolute Gasteiger partial charge is 0.477 e. The Hall–Kier alpha value is -8.57. The molecule has 0 unspecified atom stereocenters. The zero-order valence-electron chi connectivity index (χ0n) is 51.2. The smallest absolute Gasteiger partial charge is 0.407 e. The molecule has 3 aliphatic heterocycles. The summed E-state index contributed by atoms with van der Waals surface area (Å²) in [6.45, 7) is 8.82. The van der Waals surface area contributed by atoms with Crippen LogP contribution in [-0.2, 0) is 28.6 Å². The number of amides is 6. The van der Waals surface area contributed by atoms with Crippen molar-refractivity contribution in [2.45, 2.75) is 122 Å². The van der Waals surface area contributed by atoms with E-state index >= 15 is 0 Å². The van der Waals surface area contributed by atoms with E-state index in [-0.39, 0.29) is 72.1 Å². The lowest BCUT2D eigenvalue weighted by Gasteiger charge is -2.40. The number of nitrogens with one attached hydrogen (secondary N) is 5. The van der Waals surface area contributed by atoms with Crippen molar-refractivity contribution in [3.05, 3.63) is 114 Å². The van der Waals surface area contributed by atoms with Crippen LogP contribution in [0.25, 0.3) is 44.1 Å². The number of carboxylic acid groups (broad SMARTS) is 1. The van der Waals surface area contributed by atoms with Crippen molar-refractivity contribution in [3.63, 3.8) is 0 Å². The van der Waals surface area contributed by atoms with Crippen LogP contribution in [0.5, 0.6) is 0 Å². The molecule has 0 radical (unpaired) electrons. The summed E-state index contributed by atoms with van der Waals surface area (Å²) in [4.78, 5) is 118. The van der Waals surface area contributed by atoms with Gasteiger partial charge in [0.05, 0.1) is 55.8 Å². The summed E-state index contributed by atoms with van der Waals surface area (Å²) in [5.41, 5.74) is 6.83. The molecule has 10 rings (SSSR count). The zero-order chi connectivity index (χ0) is 62.7. The molecule has 3 aromatic heterocycles. The number of aromatic carboxylic acids is 1. The molecular weight excluding hydrogens is 1150 g/mol. The van der Waals surface area contributed by atoms with Gasteiger partial charge in [-0.25, -0.2) is 29.1 Å². The van der Waals surface area contributed by atoms with Crippen molar-refractivity contribution in [2.75, 3.05) is 65.0 Å². The summed E-state index contributed by atoms with van der Waals surface area (Å²) in [6.07, 6.45) is 9.20. The zero-order valence-corrected chi connectivity index (χ0v) is 52.0. The molecule has 23 heteroatoms. The monoisotopic (exact) mass is 1240 g/mol. The van der Waals surface area contributed by atoms with Crippen LogP contribution < -0.4 is 20.9 Å². The van der Waals surface area contributed by atoms with Gasteiger partial charge < -0.3 is 59.9 Å². The van der Waals surface area contributed by atoms with Crippen LogP contribution in [-0.4, -0.2) is 160 Å². The highest BCUT2D eigenvalue weighted by molar-refractivity contribution is 7.18. The van der Waals surface area contributed by atoms with Gasteiger partial charge in [-0.2, -0.15) is 0 Å². The molecule has 3 saturated heterocycles. The number of ether oxygens (including phenoxy) is 3. The van der Waals surface area contributed by atoms with Gasteiger partial charge in [0.15, 0.2) is 0 Å². The number of benzene rings is 3. The van der Waals surface area contributed by atoms with Gasteiger partial charge in [-0.3, -0.25) is 19.3 Å². The van der Waals surface area contributed by atoms with Gasteiger partial charge in [-0.1, -0.05) is 99.6 Å². The number of aromatic nitrogens is 4. The van der Waals surface area contributed by atoms with E-state index in [4.69, 9.17) is 24.2 Å². The van der Waals surface area contributed by atoms with Crippen LogP contribution in [0.1, 0.15) is 125 Å². The number of nitrogens with zero attached hydrogens (tertiary/aromatic N) is 6. The van der Waals surface area contributed by atoms with Crippen molar-refractivity contribution in [1.29, 1.82) is 0 Å². The summed E-state index contributed by atoms with van der Waals surface area (Å²) in [5, 5.41) is 18.5. The van der Waals surface area contributed by atoms with E-state index in [0.717, 1.165) is 89.0 Å². The quantitative estimate of drug-likeness (QED) is 0.0366. The van der Waals surface area contributed by atoms with Crippen molar-refractivity contribution in [3.8, 4) is 44.1 Å². The Morgan fingerprint density at radius 3 is 1.78 bits per heavy atom. The standard InChI is InChI=1S/C66H81N11O11S/c1-40(2)56(73-66(85)87-5)62(80)76-32-10-14-53(76)59-69-39-51(71-59)45-25-21-43(22-26-45)42-19-23-44(24-20-42)50-38-68-58(70-50)52-13-9-31-75(52)61(79)49(72-65(84)86-4)27-30-67-64(83)88-36-35-74-33-28-48(29-34-74)77(60(78)47-17-15-41(3)16-18-47)54-37-55(89-57(54)63(81)82)46-11-7-6-8-12-46/h6-8,11-12,19-26,37-41,47-49,52-53,56H,9-10,13-18,27-36H2,1-5H3,(H,67,83)(H,68,70)(H,69,71)(H,72,84)(H,73,85)(H,81,82)/t41?,47?,49-,52-,53-,56-/m0/s1. The van der Waals surface area contributed by atoms with Gasteiger partial charge in [0.2, 0.25) is 17.7 Å². The van der Waals surface area contributed by atoms with Gasteiger partial charge in [0.25, 0.3) is 0 Å². The number of aromatic amines is 2. The number of piperidine rings is 1. The number of anilines is 1. The summed E-state index contributed by atoms with van der Waals surface area (Å²) in [6, 6.07) is 25.2. The van der Waals surface area contributed by atoms with Crippen LogP contribution in [0.3, 0.4) is 0 Å². The van der Waals surface area contributed by atoms with Gasteiger partial charge in [-0.15, -0.1) is 11.3 Å². The lowest BCUT2D eigenvalue weighted by Crippen LogP contribution is -2.51. The average Bonchev–Trinajstić information content (AvgIpc) is 1.78. The number of thiophene rings is 1. The fraction of sp³-hybridized carbons (Fsp3) is 0.470. The topological polar surface area (TPSA) is 274 Å². The number of H-pyrrole nitrogens is 2. The number of carbonyl (C=O) groups is 7. The molecule has 89 heavy (non-hydrogen) atoms. The first kappa shape index (κ1) is 63.4. The molecule has 4 aliphatic rings. The molecule has 22 nitrogen and oxygen atoms in total. The molecule has 6 N–H and O–H groups in total. The number of rotatable bonds is 21. The Morgan fingerprint density at radius 2 is 1.22 bits per heavy atom. The van der Waals surface area contributed by atoms with Crippen LogP contribution in [0, 0.1) is 17.8 Å². The van der Waals surface area contributed by atoms with Gasteiger partial charge in [-0.05, 0) is 116 Å². The molecule has 0 bridgehead atoms. The molecule has 6 amide bonds. The second kappa shape index (κ2) is 29.2. The maximum absolute atomic E-state index is 14.5. The lowest BCUT2D eigenvalue weighted by atomic mass is 9.82. The first-order valence-corrected chi connectivity index (χ1v) is 31.9. The molecule has 6 heterocycles. The molecular formula is C66H81N11O11S. The maximum atomic E-state index is 14.5. The van der Waals surface area contributed by atoms with Crippen molar-refractivity contribution < 1.29 is 52.9 Å². The SMILES string of the molecule is COC(=O)N[C@@H](CCNC(=O)OCCN1CCC(N(C(=O)C2CCC(C)CC2)c2cc(-c3ccccc3)sc2C(=O)O)CC1)C(=O)N1CCC[C@H]1c1ncc(-c2ccc(-c3ccc(-c4cnc([C@@H]5CCCN5C(=O)[C@@H](NC(=O)OC)C(C)C)[nH]4)cc3)cc2)[nH]1. The molecule has 1 aliphatic carbocycles. The summed E-state index contributed by atoms with van der Waals surface area (Å²) < 4.78 is 15.3. The number of alkyl carbamates (subject to hydrolysis) is 3. The third kappa shape index (κ3) is 15.1. The first-order chi connectivity index (χ1) is 43.1. The predicted octanol–water partition coefficient (Wildman–Crippen LogP) is 10.4. The van der Waals surface area contributed by atoms with E-state index < -0.39 is 36.3 Å². The Morgan fingerprint density at radius 1 is 0.674 bits per heavy atom. The van der Waals surface area contributed by atoms with Crippen molar-refractivity contribution in [1.82, 2.24) is 50.6 Å². The highest BCUT2D eigenvalue weighted by atomic mass is 32.1. The molecule has 472 valence electrons. The number of methoxy groups -OCH3 is 2. The Labute approximate surface area is 522 Å². The number of likely N-dealkylation sites (tertiary alicyclic amines) is 3. The molecule has 4 atom stereocenters. The van der Waals surface area contributed by atoms with E-state index in [2.05, 4.69) is 37.7 Å². The number of carboxylic acids is 1. The van der Waals surface area contributed by atoms with Gasteiger partial charge in [0, 0.05) is 56.1 Å². The number of carbonyl (C=O) groups excluding carboxylic acids is 6. The number of hydrogen-bond donors (Lipinski definition) is 6. The fourth-order valence-electron chi connectivity index (χ4n) is 12.9. The first-order valence-electron chi connectivity index (χ1n) is 31.1. The van der Waals surface area contributed by atoms with E-state index in [0.29, 0.717) is 75.2 Å².